The molecule has 0 aliphatic heterocycles. The van der Waals surface area contributed by atoms with Crippen LogP contribution in [0.15, 0.2) is 11.2 Å². The van der Waals surface area contributed by atoms with Crippen molar-refractivity contribution >= 4 is 29.4 Å². The SMILES string of the molecule is CSc1nc(N)cc(NCCNC(=O)N(C)C)n1. The standard InChI is InChI=1S/C10H18N6OS/c1-16(2)10(17)13-5-4-12-8-6-7(11)14-9(15-8)18-3/h6H,4-5H2,1-3H3,(H,13,17)(H3,11,12,14,15). The zero-order chi connectivity index (χ0) is 13.5. The molecule has 4 N–H and O–H groups in total. The lowest BCUT2D eigenvalue weighted by Gasteiger charge is -2.12. The molecule has 100 valence electrons. The predicted molar refractivity (Wildman–Crippen MR) is 73.8 cm³/mol. The minimum absolute atomic E-state index is 0.121. The van der Waals surface area contributed by atoms with Gasteiger partial charge in [-0.1, -0.05) is 11.8 Å². The van der Waals surface area contributed by atoms with Crippen molar-refractivity contribution in [1.82, 2.24) is 20.2 Å². The van der Waals surface area contributed by atoms with Gasteiger partial charge in [-0.15, -0.1) is 0 Å². The molecule has 1 rings (SSSR count). The Morgan fingerprint density at radius 1 is 1.44 bits per heavy atom. The van der Waals surface area contributed by atoms with Crippen LogP contribution in [0.25, 0.3) is 0 Å². The number of amides is 2. The summed E-state index contributed by atoms with van der Waals surface area (Å²) >= 11 is 1.43. The smallest absolute Gasteiger partial charge is 0.316 e. The van der Waals surface area contributed by atoms with Gasteiger partial charge < -0.3 is 21.3 Å². The highest BCUT2D eigenvalue weighted by Gasteiger charge is 2.03. The zero-order valence-corrected chi connectivity index (χ0v) is 11.5. The lowest BCUT2D eigenvalue weighted by molar-refractivity contribution is 0.218. The number of nitrogens with zero attached hydrogens (tertiary/aromatic N) is 3. The molecule has 1 aromatic heterocycles. The van der Waals surface area contributed by atoms with Crippen LogP contribution in [0.1, 0.15) is 0 Å². The number of thioether (sulfide) groups is 1. The van der Waals surface area contributed by atoms with Crippen molar-refractivity contribution < 1.29 is 4.79 Å². The first-order valence-corrected chi connectivity index (χ1v) is 6.63. The summed E-state index contributed by atoms with van der Waals surface area (Å²) in [5.41, 5.74) is 5.65. The Balaban J connectivity index is 2.39. The van der Waals surface area contributed by atoms with E-state index in [9.17, 15) is 4.79 Å². The van der Waals surface area contributed by atoms with E-state index >= 15 is 0 Å². The van der Waals surface area contributed by atoms with E-state index in [1.54, 1.807) is 20.2 Å². The van der Waals surface area contributed by atoms with E-state index in [1.807, 2.05) is 6.26 Å². The van der Waals surface area contributed by atoms with Crippen LogP contribution in [0.4, 0.5) is 16.4 Å². The highest BCUT2D eigenvalue weighted by atomic mass is 32.2. The average Bonchev–Trinajstić information content (AvgIpc) is 2.33. The summed E-state index contributed by atoms with van der Waals surface area (Å²) in [6, 6.07) is 1.54. The highest BCUT2D eigenvalue weighted by molar-refractivity contribution is 7.98. The highest BCUT2D eigenvalue weighted by Crippen LogP contribution is 2.14. The number of hydrogen-bond acceptors (Lipinski definition) is 6. The summed E-state index contributed by atoms with van der Waals surface area (Å²) in [5, 5.41) is 6.44. The van der Waals surface area contributed by atoms with Crippen LogP contribution >= 0.6 is 11.8 Å². The lowest BCUT2D eigenvalue weighted by atomic mass is 10.5. The fourth-order valence-electron chi connectivity index (χ4n) is 1.14. The second kappa shape index (κ2) is 6.90. The number of urea groups is 1. The number of hydrogen-bond donors (Lipinski definition) is 3. The molecule has 8 heteroatoms. The van der Waals surface area contributed by atoms with Crippen molar-refractivity contribution in [3.63, 3.8) is 0 Å². The van der Waals surface area contributed by atoms with Crippen molar-refractivity contribution in [2.75, 3.05) is 44.5 Å². The second-order valence-electron chi connectivity index (χ2n) is 3.72. The van der Waals surface area contributed by atoms with E-state index in [4.69, 9.17) is 5.73 Å². The average molecular weight is 270 g/mol. The van der Waals surface area contributed by atoms with Crippen molar-refractivity contribution in [3.05, 3.63) is 6.07 Å². The molecule has 0 aliphatic carbocycles. The molecule has 7 nitrogen and oxygen atoms in total. The Morgan fingerprint density at radius 2 is 2.17 bits per heavy atom. The Hall–Kier alpha value is -1.70. The van der Waals surface area contributed by atoms with Gasteiger partial charge in [-0.25, -0.2) is 14.8 Å². The van der Waals surface area contributed by atoms with E-state index in [1.165, 1.54) is 16.7 Å². The Kier molecular flexibility index (Phi) is 5.50. The molecule has 0 spiro atoms. The molecular formula is C10H18N6OS. The maximum absolute atomic E-state index is 11.2. The Bertz CT molecular complexity index is 411. The molecule has 0 unspecified atom stereocenters. The predicted octanol–water partition coefficient (Wildman–Crippen LogP) is 0.464. The van der Waals surface area contributed by atoms with E-state index in [0.29, 0.717) is 29.9 Å². The Morgan fingerprint density at radius 3 is 2.78 bits per heavy atom. The number of nitrogens with two attached hydrogens (primary N) is 1. The Labute approximate surface area is 111 Å². The molecular weight excluding hydrogens is 252 g/mol. The van der Waals surface area contributed by atoms with Gasteiger partial charge >= 0.3 is 6.03 Å². The first-order chi connectivity index (χ1) is 8.52. The fourth-order valence-corrected chi connectivity index (χ4v) is 1.53. The number of anilines is 2. The molecule has 1 aromatic rings. The van der Waals surface area contributed by atoms with Crippen molar-refractivity contribution in [3.8, 4) is 0 Å². The summed E-state index contributed by atoms with van der Waals surface area (Å²) in [6.07, 6.45) is 1.88. The molecule has 0 atom stereocenters. The molecule has 0 fully saturated rings. The van der Waals surface area contributed by atoms with Crippen LogP contribution in [0.5, 0.6) is 0 Å². The molecule has 0 saturated carbocycles. The number of carbonyl (C=O) groups excluding carboxylic acids is 1. The number of rotatable bonds is 5. The minimum atomic E-state index is -0.121. The van der Waals surface area contributed by atoms with Gasteiger partial charge in [-0.3, -0.25) is 0 Å². The summed E-state index contributed by atoms with van der Waals surface area (Å²) in [6.45, 7) is 1.08. The molecule has 2 amide bonds. The number of aromatic nitrogens is 2. The van der Waals surface area contributed by atoms with Gasteiger partial charge in [-0.05, 0) is 6.26 Å². The van der Waals surface area contributed by atoms with Crippen molar-refractivity contribution in [2.45, 2.75) is 5.16 Å². The van der Waals surface area contributed by atoms with Gasteiger partial charge in [0.05, 0.1) is 0 Å². The van der Waals surface area contributed by atoms with Crippen LogP contribution in [0.2, 0.25) is 0 Å². The summed E-state index contributed by atoms with van der Waals surface area (Å²) in [4.78, 5) is 21.0. The quantitative estimate of drug-likeness (QED) is 0.409. The van der Waals surface area contributed by atoms with Gasteiger partial charge in [0.25, 0.3) is 0 Å². The van der Waals surface area contributed by atoms with E-state index in [0.717, 1.165) is 0 Å². The van der Waals surface area contributed by atoms with Gasteiger partial charge in [0.1, 0.15) is 11.6 Å². The number of carbonyl (C=O) groups is 1. The molecule has 1 heterocycles. The fraction of sp³-hybridized carbons (Fsp3) is 0.500. The topological polar surface area (TPSA) is 96.2 Å². The first kappa shape index (κ1) is 14.4. The molecule has 0 radical (unpaired) electrons. The molecule has 18 heavy (non-hydrogen) atoms. The second-order valence-corrected chi connectivity index (χ2v) is 4.49. The van der Waals surface area contributed by atoms with Gasteiger partial charge in [0, 0.05) is 33.3 Å². The number of nitrogens with one attached hydrogen (secondary N) is 2. The molecule has 0 aliphatic rings. The van der Waals surface area contributed by atoms with Crippen LogP contribution < -0.4 is 16.4 Å². The van der Waals surface area contributed by atoms with Crippen LogP contribution in [0.3, 0.4) is 0 Å². The van der Waals surface area contributed by atoms with E-state index < -0.39 is 0 Å². The normalized spacial score (nSPS) is 9.94. The first-order valence-electron chi connectivity index (χ1n) is 5.40. The van der Waals surface area contributed by atoms with Crippen LogP contribution in [-0.2, 0) is 0 Å². The third-order valence-corrected chi connectivity index (χ3v) is 2.57. The summed E-state index contributed by atoms with van der Waals surface area (Å²) < 4.78 is 0. The third kappa shape index (κ3) is 4.66. The van der Waals surface area contributed by atoms with Crippen molar-refractivity contribution in [1.29, 1.82) is 0 Å². The van der Waals surface area contributed by atoms with Crippen LogP contribution in [-0.4, -0.2) is 54.3 Å². The largest absolute Gasteiger partial charge is 0.383 e. The lowest BCUT2D eigenvalue weighted by Crippen LogP contribution is -2.37. The molecule has 0 bridgehead atoms. The zero-order valence-electron chi connectivity index (χ0n) is 10.7. The maximum Gasteiger partial charge on any atom is 0.316 e. The third-order valence-electron chi connectivity index (χ3n) is 2.02. The number of nitrogen functional groups attached to an aromatic ring is 1. The van der Waals surface area contributed by atoms with E-state index in [-0.39, 0.29) is 6.03 Å². The van der Waals surface area contributed by atoms with Crippen LogP contribution in [0, 0.1) is 0 Å². The molecule has 0 saturated heterocycles. The van der Waals surface area contributed by atoms with Gasteiger partial charge in [0.2, 0.25) is 0 Å². The monoisotopic (exact) mass is 270 g/mol. The summed E-state index contributed by atoms with van der Waals surface area (Å²) in [5.74, 6) is 1.08. The minimum Gasteiger partial charge on any atom is -0.383 e. The van der Waals surface area contributed by atoms with Crippen molar-refractivity contribution in [2.24, 2.45) is 0 Å². The summed E-state index contributed by atoms with van der Waals surface area (Å²) in [7, 11) is 3.39. The van der Waals surface area contributed by atoms with E-state index in [2.05, 4.69) is 20.6 Å². The molecule has 0 aromatic carbocycles. The van der Waals surface area contributed by atoms with Gasteiger partial charge in [0.15, 0.2) is 5.16 Å². The maximum atomic E-state index is 11.2. The van der Waals surface area contributed by atoms with Gasteiger partial charge in [-0.2, -0.15) is 0 Å².